The van der Waals surface area contributed by atoms with Crippen LogP contribution in [0.1, 0.15) is 23.6 Å². The lowest BCUT2D eigenvalue weighted by molar-refractivity contribution is -0.125. The zero-order valence-corrected chi connectivity index (χ0v) is 16.2. The number of nitrogens with one attached hydrogen (secondary N) is 1. The predicted octanol–water partition coefficient (Wildman–Crippen LogP) is 1.87. The number of ether oxygens (including phenoxy) is 1. The van der Waals surface area contributed by atoms with E-state index in [2.05, 4.69) is 22.0 Å². The maximum Gasteiger partial charge on any atom is 0.245 e. The predicted molar refractivity (Wildman–Crippen MR) is 109 cm³/mol. The largest absolute Gasteiger partial charge is 0.486 e. The maximum absolute atomic E-state index is 11.9. The van der Waals surface area contributed by atoms with Gasteiger partial charge >= 0.3 is 0 Å². The maximum atomic E-state index is 11.9. The number of likely N-dealkylation sites (tertiary alicyclic amines) is 1. The summed E-state index contributed by atoms with van der Waals surface area (Å²) < 4.78 is 7.15. The van der Waals surface area contributed by atoms with Crippen LogP contribution < -0.4 is 10.1 Å². The molecule has 1 atom stereocenters. The van der Waals surface area contributed by atoms with E-state index in [0.717, 1.165) is 29.1 Å². The quantitative estimate of drug-likeness (QED) is 0.663. The molecule has 1 saturated heterocycles. The highest BCUT2D eigenvalue weighted by molar-refractivity contribution is 5.87. The van der Waals surface area contributed by atoms with Crippen LogP contribution in [0.5, 0.6) is 5.75 Å². The van der Waals surface area contributed by atoms with Crippen LogP contribution in [0.25, 0.3) is 5.65 Å². The van der Waals surface area contributed by atoms with Gasteiger partial charge in [0.1, 0.15) is 18.7 Å². The smallest absolute Gasteiger partial charge is 0.245 e. The van der Waals surface area contributed by atoms with Crippen molar-refractivity contribution >= 4 is 28.8 Å². The van der Waals surface area contributed by atoms with Gasteiger partial charge in [0.25, 0.3) is 0 Å². The number of nitrogens with zero attached hydrogens (tertiary/aromatic N) is 5. The molecule has 1 fully saturated rings. The van der Waals surface area contributed by atoms with Gasteiger partial charge < -0.3 is 15.0 Å². The molecule has 3 aromatic rings. The number of rotatable bonds is 4. The first-order valence-corrected chi connectivity index (χ1v) is 9.77. The van der Waals surface area contributed by atoms with Gasteiger partial charge in [0.15, 0.2) is 17.2 Å². The van der Waals surface area contributed by atoms with Crippen molar-refractivity contribution < 1.29 is 14.3 Å². The Bertz CT molecular complexity index is 1170. The van der Waals surface area contributed by atoms with Crippen molar-refractivity contribution in [2.75, 3.05) is 25.0 Å². The number of anilines is 2. The number of carbonyl (C=O) groups is 2. The number of aromatic nitrogens is 4. The molecule has 2 aliphatic heterocycles. The van der Waals surface area contributed by atoms with Gasteiger partial charge in [-0.1, -0.05) is 6.58 Å². The summed E-state index contributed by atoms with van der Waals surface area (Å²) in [5, 5.41) is 7.58. The fraction of sp³-hybridized carbons (Fsp3) is 0.286. The molecule has 5 rings (SSSR count). The molecule has 152 valence electrons. The fourth-order valence-electron chi connectivity index (χ4n) is 3.95. The molecule has 1 aromatic carbocycles. The lowest BCUT2D eigenvalue weighted by atomic mass is 10.0. The minimum atomic E-state index is -0.0662. The van der Waals surface area contributed by atoms with Crippen LogP contribution in [0.3, 0.4) is 0 Å². The van der Waals surface area contributed by atoms with Gasteiger partial charge in [-0.25, -0.2) is 14.5 Å². The number of hydrogen-bond donors (Lipinski definition) is 1. The fourth-order valence-corrected chi connectivity index (χ4v) is 3.95. The van der Waals surface area contributed by atoms with Gasteiger partial charge in [0.2, 0.25) is 5.91 Å². The van der Waals surface area contributed by atoms with E-state index in [0.29, 0.717) is 31.0 Å². The summed E-state index contributed by atoms with van der Waals surface area (Å²) in [6.07, 6.45) is 5.86. The first kappa shape index (κ1) is 18.3. The first-order chi connectivity index (χ1) is 14.6. The normalized spacial score (nSPS) is 18.2. The summed E-state index contributed by atoms with van der Waals surface area (Å²) >= 11 is 0. The standard InChI is InChI=1S/C21H20N6O3/c1-2-19(29)26-6-5-13(9-26)17-10-27-21(22-12-23-27)20(25-17)24-15-3-4-18-14(7-15)8-16(28)11-30-18/h2-4,7,10,12-13H,1,5-6,8-9,11H2,(H,24,25). The van der Waals surface area contributed by atoms with Crippen molar-refractivity contribution in [3.05, 3.63) is 54.6 Å². The molecule has 1 N–H and O–H groups in total. The molecule has 2 aliphatic rings. The average molecular weight is 404 g/mol. The Kier molecular flexibility index (Phi) is 4.42. The van der Waals surface area contributed by atoms with Gasteiger partial charge in [-0.2, -0.15) is 5.10 Å². The van der Waals surface area contributed by atoms with Crippen LogP contribution in [-0.4, -0.2) is 55.9 Å². The lowest BCUT2D eigenvalue weighted by Gasteiger charge is -2.18. The van der Waals surface area contributed by atoms with E-state index in [1.807, 2.05) is 24.4 Å². The second-order valence-electron chi connectivity index (χ2n) is 7.47. The van der Waals surface area contributed by atoms with E-state index < -0.39 is 0 Å². The summed E-state index contributed by atoms with van der Waals surface area (Å²) in [7, 11) is 0. The Labute approximate surface area is 172 Å². The van der Waals surface area contributed by atoms with Crippen LogP contribution in [0, 0.1) is 0 Å². The number of fused-ring (bicyclic) bond motifs is 2. The number of carbonyl (C=O) groups excluding carboxylic acids is 2. The molecule has 1 amide bonds. The Morgan fingerprint density at radius 3 is 3.13 bits per heavy atom. The molecule has 9 nitrogen and oxygen atoms in total. The van der Waals surface area contributed by atoms with Crippen molar-refractivity contribution in [1.82, 2.24) is 24.5 Å². The third-order valence-electron chi connectivity index (χ3n) is 5.47. The second kappa shape index (κ2) is 7.25. The summed E-state index contributed by atoms with van der Waals surface area (Å²) in [6, 6.07) is 5.63. The van der Waals surface area contributed by atoms with Gasteiger partial charge in [0, 0.05) is 36.7 Å². The van der Waals surface area contributed by atoms with Gasteiger partial charge in [-0.3, -0.25) is 9.59 Å². The Balaban J connectivity index is 1.46. The van der Waals surface area contributed by atoms with Crippen LogP contribution in [0.15, 0.2) is 43.4 Å². The van der Waals surface area contributed by atoms with Crippen LogP contribution in [-0.2, 0) is 16.0 Å². The second-order valence-corrected chi connectivity index (χ2v) is 7.47. The molecule has 2 aromatic heterocycles. The molecule has 30 heavy (non-hydrogen) atoms. The van der Waals surface area contributed by atoms with Crippen LogP contribution in [0.2, 0.25) is 0 Å². The van der Waals surface area contributed by atoms with E-state index in [4.69, 9.17) is 9.72 Å². The topological polar surface area (TPSA) is 102 Å². The molecular formula is C21H20N6O3. The molecule has 0 aliphatic carbocycles. The third kappa shape index (κ3) is 3.28. The van der Waals surface area contributed by atoms with Crippen molar-refractivity contribution in [3.63, 3.8) is 0 Å². The molecule has 0 bridgehead atoms. The Morgan fingerprint density at radius 1 is 1.37 bits per heavy atom. The van der Waals surface area contributed by atoms with Gasteiger partial charge in [0.05, 0.1) is 11.9 Å². The zero-order chi connectivity index (χ0) is 20.7. The molecule has 0 saturated carbocycles. The number of amides is 1. The Morgan fingerprint density at radius 2 is 2.27 bits per heavy atom. The molecule has 4 heterocycles. The summed E-state index contributed by atoms with van der Waals surface area (Å²) in [5.74, 6) is 1.40. The van der Waals surface area contributed by atoms with Gasteiger partial charge in [-0.05, 0) is 30.7 Å². The highest BCUT2D eigenvalue weighted by Crippen LogP contribution is 2.31. The van der Waals surface area contributed by atoms with E-state index in [1.54, 1.807) is 9.42 Å². The van der Waals surface area contributed by atoms with Crippen molar-refractivity contribution in [2.24, 2.45) is 0 Å². The first-order valence-electron chi connectivity index (χ1n) is 9.77. The summed E-state index contributed by atoms with van der Waals surface area (Å²) in [6.45, 7) is 4.95. The van der Waals surface area contributed by atoms with Crippen molar-refractivity contribution in [1.29, 1.82) is 0 Å². The summed E-state index contributed by atoms with van der Waals surface area (Å²) in [5.41, 5.74) is 3.07. The minimum absolute atomic E-state index is 0.0551. The molecule has 0 spiro atoms. The van der Waals surface area contributed by atoms with E-state index in [1.165, 1.54) is 12.4 Å². The lowest BCUT2D eigenvalue weighted by Crippen LogP contribution is -2.26. The highest BCUT2D eigenvalue weighted by Gasteiger charge is 2.28. The third-order valence-corrected chi connectivity index (χ3v) is 5.47. The number of Topliss-reactive ketones (excluding diaryl/α,β-unsaturated/α-hetero) is 1. The average Bonchev–Trinajstić information content (AvgIpc) is 3.42. The van der Waals surface area contributed by atoms with Crippen LogP contribution in [0.4, 0.5) is 11.5 Å². The zero-order valence-electron chi connectivity index (χ0n) is 16.2. The number of benzene rings is 1. The monoisotopic (exact) mass is 404 g/mol. The highest BCUT2D eigenvalue weighted by atomic mass is 16.5. The van der Waals surface area contributed by atoms with Gasteiger partial charge in [-0.15, -0.1) is 0 Å². The minimum Gasteiger partial charge on any atom is -0.486 e. The molecule has 0 radical (unpaired) electrons. The SMILES string of the molecule is C=CC(=O)N1CCC(c2cn3ncnc3c(Nc3ccc4c(c3)CC(=O)CO4)n2)C1. The summed E-state index contributed by atoms with van der Waals surface area (Å²) in [4.78, 5) is 34.5. The van der Waals surface area contributed by atoms with Crippen molar-refractivity contribution in [3.8, 4) is 5.75 Å². The molecule has 9 heteroatoms. The van der Waals surface area contributed by atoms with E-state index >= 15 is 0 Å². The Hall–Kier alpha value is -3.75. The van der Waals surface area contributed by atoms with E-state index in [-0.39, 0.29) is 24.2 Å². The van der Waals surface area contributed by atoms with E-state index in [9.17, 15) is 9.59 Å². The number of hydrogen-bond acceptors (Lipinski definition) is 7. The van der Waals surface area contributed by atoms with Crippen molar-refractivity contribution in [2.45, 2.75) is 18.8 Å². The number of ketones is 1. The molecule has 1 unspecified atom stereocenters. The molecular weight excluding hydrogens is 384 g/mol. The van der Waals surface area contributed by atoms with Crippen LogP contribution >= 0.6 is 0 Å².